The van der Waals surface area contributed by atoms with Crippen LogP contribution < -0.4 is 9.47 Å². The zero-order chi connectivity index (χ0) is 22.7. The van der Waals surface area contributed by atoms with Gasteiger partial charge in [0.05, 0.1) is 30.5 Å². The molecule has 6 rings (SSSR count). The summed E-state index contributed by atoms with van der Waals surface area (Å²) >= 11 is 0. The molecule has 0 bridgehead atoms. The summed E-state index contributed by atoms with van der Waals surface area (Å²) in [5.74, 6) is 0.712. The van der Waals surface area contributed by atoms with Gasteiger partial charge in [0.15, 0.2) is 5.65 Å². The lowest BCUT2D eigenvalue weighted by Gasteiger charge is -2.17. The number of aryl methyl sites for hydroxylation is 1. The molecule has 0 spiro atoms. The van der Waals surface area contributed by atoms with Gasteiger partial charge in [-0.1, -0.05) is 0 Å². The zero-order valence-electron chi connectivity index (χ0n) is 17.1. The number of fused-ring (bicyclic) bond motifs is 3. The van der Waals surface area contributed by atoms with Crippen molar-refractivity contribution in [1.29, 1.82) is 0 Å². The summed E-state index contributed by atoms with van der Waals surface area (Å²) in [6, 6.07) is 6.22. The Labute approximate surface area is 184 Å². The molecule has 11 heteroatoms. The Balaban J connectivity index is 1.48. The van der Waals surface area contributed by atoms with Crippen LogP contribution in [0.2, 0.25) is 0 Å². The van der Waals surface area contributed by atoms with Gasteiger partial charge in [0.1, 0.15) is 30.2 Å². The van der Waals surface area contributed by atoms with Crippen molar-refractivity contribution >= 4 is 5.65 Å². The minimum Gasteiger partial charge on any atom is -0.493 e. The van der Waals surface area contributed by atoms with Crippen LogP contribution in [0.1, 0.15) is 22.7 Å². The van der Waals surface area contributed by atoms with Gasteiger partial charge in [-0.25, -0.2) is 4.39 Å². The van der Waals surface area contributed by atoms with Crippen LogP contribution in [-0.2, 0) is 19.4 Å². The Bertz CT molecular complexity index is 1380. The van der Waals surface area contributed by atoms with Gasteiger partial charge in [-0.05, 0) is 42.7 Å². The van der Waals surface area contributed by atoms with Gasteiger partial charge in [0, 0.05) is 17.3 Å². The number of alkyl halides is 3. The topological polar surface area (TPSA) is 66.5 Å². The highest BCUT2D eigenvalue weighted by Crippen LogP contribution is 2.41. The molecule has 0 amide bonds. The largest absolute Gasteiger partial charge is 0.493 e. The number of rotatable bonds is 2. The van der Waals surface area contributed by atoms with E-state index in [1.54, 1.807) is 16.5 Å². The van der Waals surface area contributed by atoms with Crippen molar-refractivity contribution in [1.82, 2.24) is 24.4 Å². The summed E-state index contributed by atoms with van der Waals surface area (Å²) in [5, 5.41) is 12.0. The second-order valence-electron chi connectivity index (χ2n) is 8.14. The molecule has 7 nitrogen and oxygen atoms in total. The number of ether oxygens (including phenoxy) is 2. The smallest absolute Gasteiger partial charge is 0.408 e. The first-order chi connectivity index (χ1) is 15.9. The van der Waals surface area contributed by atoms with Crippen LogP contribution >= 0.6 is 0 Å². The van der Waals surface area contributed by atoms with Gasteiger partial charge >= 0.3 is 6.18 Å². The molecule has 170 valence electrons. The van der Waals surface area contributed by atoms with E-state index in [1.165, 1.54) is 24.7 Å². The first-order valence-corrected chi connectivity index (χ1v) is 10.4. The molecule has 5 heterocycles. The van der Waals surface area contributed by atoms with Crippen molar-refractivity contribution in [2.45, 2.75) is 31.5 Å². The first kappa shape index (κ1) is 20.0. The van der Waals surface area contributed by atoms with Crippen molar-refractivity contribution in [2.24, 2.45) is 0 Å². The van der Waals surface area contributed by atoms with Gasteiger partial charge in [0.25, 0.3) is 0 Å². The average Bonchev–Trinajstić information content (AvgIpc) is 3.50. The third-order valence-electron chi connectivity index (χ3n) is 6.12. The van der Waals surface area contributed by atoms with Gasteiger partial charge in [-0.2, -0.15) is 18.3 Å². The SMILES string of the molecule is Fc1ccc2c3c1CCc1c(cc(-c4ccnn4CC(F)(F)F)c4nncn14)OC[C@H]3CO2. The molecule has 0 radical (unpaired) electrons. The van der Waals surface area contributed by atoms with Crippen LogP contribution in [0.3, 0.4) is 0 Å². The van der Waals surface area contributed by atoms with E-state index in [9.17, 15) is 17.6 Å². The van der Waals surface area contributed by atoms with Crippen LogP contribution in [0.25, 0.3) is 16.9 Å². The van der Waals surface area contributed by atoms with E-state index in [-0.39, 0.29) is 24.0 Å². The number of hydrogen-bond donors (Lipinski definition) is 0. The van der Waals surface area contributed by atoms with Crippen LogP contribution in [0.15, 0.2) is 36.8 Å². The van der Waals surface area contributed by atoms with E-state index in [2.05, 4.69) is 15.3 Å². The summed E-state index contributed by atoms with van der Waals surface area (Å²) in [4.78, 5) is 0. The fraction of sp³-hybridized carbons (Fsp3) is 0.318. The summed E-state index contributed by atoms with van der Waals surface area (Å²) in [7, 11) is 0. The molecule has 2 aliphatic heterocycles. The van der Waals surface area contributed by atoms with E-state index < -0.39 is 12.7 Å². The van der Waals surface area contributed by atoms with Crippen LogP contribution in [0.5, 0.6) is 11.5 Å². The molecule has 0 N–H and O–H groups in total. The summed E-state index contributed by atoms with van der Waals surface area (Å²) in [6.45, 7) is -0.614. The van der Waals surface area contributed by atoms with Gasteiger partial charge in [0.2, 0.25) is 0 Å². The maximum Gasteiger partial charge on any atom is 0.408 e. The second kappa shape index (κ2) is 7.19. The Morgan fingerprint density at radius 1 is 1.06 bits per heavy atom. The molecule has 0 aliphatic carbocycles. The van der Waals surface area contributed by atoms with Crippen molar-refractivity contribution in [3.8, 4) is 22.8 Å². The molecular formula is C22H17F4N5O2. The fourth-order valence-electron chi connectivity index (χ4n) is 4.71. The van der Waals surface area contributed by atoms with Gasteiger partial charge < -0.3 is 9.47 Å². The van der Waals surface area contributed by atoms with E-state index in [0.717, 1.165) is 15.9 Å². The lowest BCUT2D eigenvalue weighted by molar-refractivity contribution is -0.142. The fourth-order valence-corrected chi connectivity index (χ4v) is 4.71. The number of nitrogens with zero attached hydrogens (tertiary/aromatic N) is 5. The van der Waals surface area contributed by atoms with Gasteiger partial charge in [-0.15, -0.1) is 10.2 Å². The molecule has 1 aromatic carbocycles. The molecule has 0 fully saturated rings. The van der Waals surface area contributed by atoms with Crippen LogP contribution in [0.4, 0.5) is 17.6 Å². The summed E-state index contributed by atoms with van der Waals surface area (Å²) in [5.41, 5.74) is 3.18. The normalized spacial score (nSPS) is 17.5. The number of pyridine rings is 1. The molecule has 33 heavy (non-hydrogen) atoms. The molecular weight excluding hydrogens is 442 g/mol. The summed E-state index contributed by atoms with van der Waals surface area (Å²) in [6.07, 6.45) is -0.800. The van der Waals surface area contributed by atoms with E-state index in [0.29, 0.717) is 47.7 Å². The maximum absolute atomic E-state index is 14.7. The number of benzene rings is 1. The van der Waals surface area contributed by atoms with Crippen molar-refractivity contribution < 1.29 is 27.0 Å². The van der Waals surface area contributed by atoms with Crippen molar-refractivity contribution in [3.63, 3.8) is 0 Å². The Morgan fingerprint density at radius 2 is 1.88 bits per heavy atom. The molecule has 1 atom stereocenters. The lowest BCUT2D eigenvalue weighted by Crippen LogP contribution is -2.19. The Morgan fingerprint density at radius 3 is 2.70 bits per heavy atom. The third-order valence-corrected chi connectivity index (χ3v) is 6.12. The zero-order valence-corrected chi connectivity index (χ0v) is 17.1. The Kier molecular flexibility index (Phi) is 4.36. The molecule has 4 aromatic rings. The molecule has 0 saturated heterocycles. The van der Waals surface area contributed by atoms with Crippen molar-refractivity contribution in [2.75, 3.05) is 13.2 Å². The lowest BCUT2D eigenvalue weighted by atomic mass is 9.93. The third kappa shape index (κ3) is 3.30. The summed E-state index contributed by atoms with van der Waals surface area (Å²) < 4.78 is 68.4. The van der Waals surface area contributed by atoms with Crippen LogP contribution in [-0.4, -0.2) is 43.8 Å². The number of aromatic nitrogens is 5. The van der Waals surface area contributed by atoms with E-state index in [1.807, 2.05) is 0 Å². The highest BCUT2D eigenvalue weighted by Gasteiger charge is 2.33. The highest BCUT2D eigenvalue weighted by atomic mass is 19.4. The predicted molar refractivity (Wildman–Crippen MR) is 108 cm³/mol. The average molecular weight is 459 g/mol. The number of hydrogen-bond acceptors (Lipinski definition) is 5. The predicted octanol–water partition coefficient (Wildman–Crippen LogP) is 3.95. The van der Waals surface area contributed by atoms with E-state index >= 15 is 0 Å². The monoisotopic (exact) mass is 459 g/mol. The minimum atomic E-state index is -4.43. The molecule has 0 saturated carbocycles. The molecule has 2 aliphatic rings. The second-order valence-corrected chi connectivity index (χ2v) is 8.14. The van der Waals surface area contributed by atoms with Gasteiger partial charge in [-0.3, -0.25) is 9.08 Å². The van der Waals surface area contributed by atoms with Crippen LogP contribution in [0, 0.1) is 5.82 Å². The molecule has 3 aromatic heterocycles. The van der Waals surface area contributed by atoms with E-state index in [4.69, 9.17) is 9.47 Å². The first-order valence-electron chi connectivity index (χ1n) is 10.4. The highest BCUT2D eigenvalue weighted by molar-refractivity contribution is 5.77. The quantitative estimate of drug-likeness (QED) is 0.425. The number of halogens is 4. The standard InChI is InChI=1S/C22H17F4N5O2/c23-15-2-4-18-20-12(8-32-18)9-33-19-7-14(16-5-6-28-31(16)10-22(24,25)26)21-29-27-11-30(21)17(19)3-1-13(15)20/h2,4-7,11-12H,1,3,8-10H2/t12-/m1/s1. The minimum absolute atomic E-state index is 0.146. The molecule has 0 unspecified atom stereocenters. The maximum atomic E-state index is 14.7. The van der Waals surface area contributed by atoms with Crippen molar-refractivity contribution in [3.05, 3.63) is 59.4 Å². The Hall–Kier alpha value is -3.63.